The smallest absolute Gasteiger partial charge is 0.229 e. The molecule has 0 amide bonds. The van der Waals surface area contributed by atoms with E-state index in [0.717, 1.165) is 5.89 Å². The number of rotatable bonds is 2. The van der Waals surface area contributed by atoms with E-state index in [2.05, 4.69) is 10.1 Å². The van der Waals surface area contributed by atoms with Crippen molar-refractivity contribution in [1.82, 2.24) is 10.1 Å². The van der Waals surface area contributed by atoms with Gasteiger partial charge in [0.05, 0.1) is 5.38 Å². The minimum Gasteiger partial charge on any atom is -0.339 e. The molecular weight excluding hydrogens is 200 g/mol. The number of halogens is 1. The standard InChI is InChI=1S/C10H15ClN2O/c1-7(11)9-12-10(14-13-9)8-5-3-2-4-6-8/h7-8H,2-6H2,1H3. The van der Waals surface area contributed by atoms with Crippen LogP contribution in [0.1, 0.15) is 62.0 Å². The molecule has 1 aliphatic rings. The molecule has 1 aromatic heterocycles. The molecule has 1 unspecified atom stereocenters. The van der Waals surface area contributed by atoms with Gasteiger partial charge in [0.2, 0.25) is 5.89 Å². The third-order valence-corrected chi connectivity index (χ3v) is 2.96. The van der Waals surface area contributed by atoms with Crippen LogP contribution in [0.4, 0.5) is 0 Å². The van der Waals surface area contributed by atoms with Crippen molar-refractivity contribution in [1.29, 1.82) is 0 Å². The second-order valence-corrected chi connectivity index (χ2v) is 4.60. The summed E-state index contributed by atoms with van der Waals surface area (Å²) in [6.07, 6.45) is 6.25. The maximum absolute atomic E-state index is 5.87. The van der Waals surface area contributed by atoms with Crippen LogP contribution in [0.3, 0.4) is 0 Å². The van der Waals surface area contributed by atoms with E-state index < -0.39 is 0 Å². The average Bonchev–Trinajstić information content (AvgIpc) is 2.68. The lowest BCUT2D eigenvalue weighted by Crippen LogP contribution is -2.04. The topological polar surface area (TPSA) is 38.9 Å². The Labute approximate surface area is 88.8 Å². The Hall–Kier alpha value is -0.570. The highest BCUT2D eigenvalue weighted by Gasteiger charge is 2.22. The molecule has 0 aromatic carbocycles. The molecule has 1 fully saturated rings. The van der Waals surface area contributed by atoms with Gasteiger partial charge in [-0.05, 0) is 19.8 Å². The van der Waals surface area contributed by atoms with Gasteiger partial charge in [0.25, 0.3) is 0 Å². The van der Waals surface area contributed by atoms with Crippen molar-refractivity contribution in [3.05, 3.63) is 11.7 Å². The normalized spacial score (nSPS) is 21.0. The van der Waals surface area contributed by atoms with Crippen LogP contribution in [0, 0.1) is 0 Å². The molecule has 1 aromatic rings. The van der Waals surface area contributed by atoms with Gasteiger partial charge in [-0.25, -0.2) is 0 Å². The Morgan fingerprint density at radius 2 is 2.07 bits per heavy atom. The fourth-order valence-electron chi connectivity index (χ4n) is 1.92. The van der Waals surface area contributed by atoms with Crippen molar-refractivity contribution >= 4 is 11.6 Å². The predicted octanol–water partition coefficient (Wildman–Crippen LogP) is 3.42. The Balaban J connectivity index is 2.07. The van der Waals surface area contributed by atoms with Crippen LogP contribution in [0.15, 0.2) is 4.52 Å². The molecule has 4 heteroatoms. The molecule has 0 spiro atoms. The lowest BCUT2D eigenvalue weighted by atomic mass is 9.89. The minimum absolute atomic E-state index is 0.156. The van der Waals surface area contributed by atoms with Gasteiger partial charge in [0, 0.05) is 5.92 Å². The van der Waals surface area contributed by atoms with Crippen LogP contribution in [-0.2, 0) is 0 Å². The van der Waals surface area contributed by atoms with Crippen LogP contribution in [0.2, 0.25) is 0 Å². The van der Waals surface area contributed by atoms with E-state index in [0.29, 0.717) is 11.7 Å². The van der Waals surface area contributed by atoms with E-state index >= 15 is 0 Å². The highest BCUT2D eigenvalue weighted by atomic mass is 35.5. The maximum atomic E-state index is 5.87. The van der Waals surface area contributed by atoms with Crippen LogP contribution in [0.25, 0.3) is 0 Å². The van der Waals surface area contributed by atoms with Crippen molar-refractivity contribution in [2.24, 2.45) is 0 Å². The van der Waals surface area contributed by atoms with E-state index in [1.54, 1.807) is 0 Å². The number of hydrogen-bond donors (Lipinski definition) is 0. The summed E-state index contributed by atoms with van der Waals surface area (Å²) in [6.45, 7) is 1.86. The number of nitrogens with zero attached hydrogens (tertiary/aromatic N) is 2. The third-order valence-electron chi connectivity index (χ3n) is 2.77. The molecule has 1 aliphatic carbocycles. The summed E-state index contributed by atoms with van der Waals surface area (Å²) >= 11 is 5.87. The highest BCUT2D eigenvalue weighted by molar-refractivity contribution is 6.20. The first-order chi connectivity index (χ1) is 6.77. The molecule has 3 nitrogen and oxygen atoms in total. The first kappa shape index (κ1) is 9.97. The van der Waals surface area contributed by atoms with Crippen LogP contribution >= 0.6 is 11.6 Å². The Bertz CT molecular complexity index is 292. The van der Waals surface area contributed by atoms with Gasteiger partial charge in [-0.1, -0.05) is 24.4 Å². The van der Waals surface area contributed by atoms with Gasteiger partial charge in [0.1, 0.15) is 0 Å². The molecule has 0 bridgehead atoms. The van der Waals surface area contributed by atoms with E-state index in [1.807, 2.05) is 6.92 Å². The molecule has 78 valence electrons. The molecular formula is C10H15ClN2O. The number of alkyl halides is 1. The van der Waals surface area contributed by atoms with Crippen molar-refractivity contribution in [2.45, 2.75) is 50.3 Å². The van der Waals surface area contributed by atoms with E-state index in [1.165, 1.54) is 32.1 Å². The van der Waals surface area contributed by atoms with E-state index in [9.17, 15) is 0 Å². The van der Waals surface area contributed by atoms with Gasteiger partial charge in [-0.15, -0.1) is 11.6 Å². The number of hydrogen-bond acceptors (Lipinski definition) is 3. The van der Waals surface area contributed by atoms with Crippen molar-refractivity contribution < 1.29 is 4.52 Å². The van der Waals surface area contributed by atoms with Crippen LogP contribution in [0.5, 0.6) is 0 Å². The van der Waals surface area contributed by atoms with Crippen molar-refractivity contribution in [3.8, 4) is 0 Å². The van der Waals surface area contributed by atoms with Gasteiger partial charge >= 0.3 is 0 Å². The van der Waals surface area contributed by atoms with Crippen LogP contribution in [-0.4, -0.2) is 10.1 Å². The third kappa shape index (κ3) is 2.08. The molecule has 0 N–H and O–H groups in total. The highest BCUT2D eigenvalue weighted by Crippen LogP contribution is 2.32. The average molecular weight is 215 g/mol. The first-order valence-electron chi connectivity index (χ1n) is 5.25. The van der Waals surface area contributed by atoms with Gasteiger partial charge in [-0.3, -0.25) is 0 Å². The molecule has 0 aliphatic heterocycles. The second-order valence-electron chi connectivity index (χ2n) is 3.94. The molecule has 1 atom stereocenters. The molecule has 1 saturated carbocycles. The van der Waals surface area contributed by atoms with Gasteiger partial charge in [0.15, 0.2) is 5.82 Å². The molecule has 1 heterocycles. The van der Waals surface area contributed by atoms with Crippen LogP contribution < -0.4 is 0 Å². The maximum Gasteiger partial charge on any atom is 0.229 e. The van der Waals surface area contributed by atoms with Crippen molar-refractivity contribution in [2.75, 3.05) is 0 Å². The Morgan fingerprint density at radius 1 is 1.36 bits per heavy atom. The zero-order valence-corrected chi connectivity index (χ0v) is 9.13. The molecule has 0 radical (unpaired) electrons. The first-order valence-corrected chi connectivity index (χ1v) is 5.68. The number of aromatic nitrogens is 2. The largest absolute Gasteiger partial charge is 0.339 e. The van der Waals surface area contributed by atoms with Gasteiger partial charge < -0.3 is 4.52 Å². The minimum atomic E-state index is -0.156. The zero-order valence-electron chi connectivity index (χ0n) is 8.37. The monoisotopic (exact) mass is 214 g/mol. The summed E-state index contributed by atoms with van der Waals surface area (Å²) in [4.78, 5) is 4.32. The SMILES string of the molecule is CC(Cl)c1noc(C2CCCCC2)n1. The lowest BCUT2D eigenvalue weighted by molar-refractivity contribution is 0.312. The molecule has 0 saturated heterocycles. The Kier molecular flexibility index (Phi) is 3.06. The summed E-state index contributed by atoms with van der Waals surface area (Å²) in [6, 6.07) is 0. The van der Waals surface area contributed by atoms with E-state index in [4.69, 9.17) is 16.1 Å². The lowest BCUT2D eigenvalue weighted by Gasteiger charge is -2.17. The Morgan fingerprint density at radius 3 is 2.64 bits per heavy atom. The summed E-state index contributed by atoms with van der Waals surface area (Å²) < 4.78 is 5.22. The predicted molar refractivity (Wildman–Crippen MR) is 54.4 cm³/mol. The summed E-state index contributed by atoms with van der Waals surface area (Å²) in [7, 11) is 0. The zero-order chi connectivity index (χ0) is 9.97. The quantitative estimate of drug-likeness (QED) is 0.709. The molecule has 2 rings (SSSR count). The van der Waals surface area contributed by atoms with Gasteiger partial charge in [-0.2, -0.15) is 4.98 Å². The summed E-state index contributed by atoms with van der Waals surface area (Å²) in [5.41, 5.74) is 0. The second kappa shape index (κ2) is 4.30. The fraction of sp³-hybridized carbons (Fsp3) is 0.800. The summed E-state index contributed by atoms with van der Waals surface area (Å²) in [5.74, 6) is 1.87. The van der Waals surface area contributed by atoms with Crippen molar-refractivity contribution in [3.63, 3.8) is 0 Å². The van der Waals surface area contributed by atoms with E-state index in [-0.39, 0.29) is 5.38 Å². The summed E-state index contributed by atoms with van der Waals surface area (Å²) in [5, 5.41) is 3.72. The fourth-order valence-corrected chi connectivity index (χ4v) is 2.01. The molecule has 14 heavy (non-hydrogen) atoms.